The van der Waals surface area contributed by atoms with Gasteiger partial charge in [0.05, 0.1) is 25.1 Å². The van der Waals surface area contributed by atoms with Crippen LogP contribution in [0.15, 0.2) is 35.1 Å². The van der Waals surface area contributed by atoms with Gasteiger partial charge in [-0.1, -0.05) is 24.3 Å². The zero-order chi connectivity index (χ0) is 23.4. The molecule has 12 heteroatoms. The number of carbonyl (C=O) groups is 3. The van der Waals surface area contributed by atoms with Gasteiger partial charge in [-0.3, -0.25) is 24.6 Å². The third kappa shape index (κ3) is 5.95. The number of nitrogens with two attached hydrogens (primary N) is 1. The molecule has 1 aromatic heterocycles. The molecule has 1 saturated heterocycles. The molecule has 2 amide bonds. The Bertz CT molecular complexity index is 1130. The van der Waals surface area contributed by atoms with Gasteiger partial charge in [-0.25, -0.2) is 4.68 Å². The van der Waals surface area contributed by atoms with E-state index in [0.29, 0.717) is 23.2 Å². The van der Waals surface area contributed by atoms with Crippen LogP contribution in [-0.2, 0) is 21.4 Å². The Morgan fingerprint density at radius 2 is 1.97 bits per heavy atom. The molecular formula is C21H25ClN6O5. The number of hydrogen-bond donors (Lipinski definition) is 4. The van der Waals surface area contributed by atoms with Crippen molar-refractivity contribution in [1.29, 1.82) is 5.41 Å². The summed E-state index contributed by atoms with van der Waals surface area (Å²) in [5, 5.41) is 17.1. The molecule has 0 aliphatic carbocycles. The summed E-state index contributed by atoms with van der Waals surface area (Å²) in [4.78, 5) is 48.6. The quantitative estimate of drug-likeness (QED) is 0.246. The highest BCUT2D eigenvalue weighted by atomic mass is 35.5. The molecule has 5 N–H and O–H groups in total. The number of hydrogen-bond acceptors (Lipinski definition) is 7. The Hall–Kier alpha value is -3.73. The third-order valence-electron chi connectivity index (χ3n) is 5.24. The number of nitrogens with zero attached hydrogens (tertiary/aromatic N) is 2. The van der Waals surface area contributed by atoms with Crippen molar-refractivity contribution in [2.24, 2.45) is 18.7 Å². The molecule has 2 aromatic rings. The Balaban J connectivity index is 0.00000385. The van der Waals surface area contributed by atoms with Crippen LogP contribution in [0.25, 0.3) is 11.3 Å². The molecule has 2 heterocycles. The number of methoxy groups -OCH3 is 1. The van der Waals surface area contributed by atoms with Gasteiger partial charge in [0.25, 0.3) is 11.5 Å². The molecule has 0 radical (unpaired) electrons. The second-order valence-electron chi connectivity index (χ2n) is 7.49. The van der Waals surface area contributed by atoms with E-state index in [9.17, 15) is 19.2 Å². The third-order valence-corrected chi connectivity index (χ3v) is 5.24. The summed E-state index contributed by atoms with van der Waals surface area (Å²) < 4.78 is 5.67. The van der Waals surface area contributed by atoms with Crippen LogP contribution in [0, 0.1) is 11.3 Å². The number of carbonyl (C=O) groups excluding carboxylic acids is 3. The summed E-state index contributed by atoms with van der Waals surface area (Å²) >= 11 is 0. The normalized spacial score (nSPS) is 17.0. The zero-order valence-corrected chi connectivity index (χ0v) is 18.9. The monoisotopic (exact) mass is 476 g/mol. The van der Waals surface area contributed by atoms with E-state index in [4.69, 9.17) is 11.1 Å². The van der Waals surface area contributed by atoms with Crippen LogP contribution in [0.2, 0.25) is 0 Å². The molecule has 3 rings (SSSR count). The smallest absolute Gasteiger partial charge is 0.306 e. The standard InChI is InChI=1S/C21H24N6O5.ClH/c1-27-21(31)15(9-16(26-27)11-3-5-12(6-4-11)18(22)23)20(30)24-10-14-7-13(19(29)25-14)8-17(28)32-2;/h3-6,9,13-14H,7-8,10H2,1-2H3,(H3,22,23)(H,24,30)(H,25,29);1H/t13-,14-;/m0./s1. The van der Waals surface area contributed by atoms with Crippen LogP contribution in [0.3, 0.4) is 0 Å². The number of nitrogens with one attached hydrogen (secondary N) is 3. The number of ether oxygens (including phenoxy) is 1. The van der Waals surface area contributed by atoms with Crippen LogP contribution >= 0.6 is 12.4 Å². The van der Waals surface area contributed by atoms with E-state index in [2.05, 4.69) is 20.5 Å². The summed E-state index contributed by atoms with van der Waals surface area (Å²) in [6.07, 6.45) is 0.347. The molecule has 0 bridgehead atoms. The highest BCUT2D eigenvalue weighted by Crippen LogP contribution is 2.20. The van der Waals surface area contributed by atoms with Crippen LogP contribution in [0.5, 0.6) is 0 Å². The van der Waals surface area contributed by atoms with Crippen LogP contribution in [-0.4, -0.2) is 53.1 Å². The maximum absolute atomic E-state index is 12.7. The first-order chi connectivity index (χ1) is 15.2. The second-order valence-corrected chi connectivity index (χ2v) is 7.49. The van der Waals surface area contributed by atoms with Crippen LogP contribution in [0.1, 0.15) is 28.8 Å². The lowest BCUT2D eigenvalue weighted by Gasteiger charge is -2.12. The van der Waals surface area contributed by atoms with Crippen molar-refractivity contribution >= 4 is 36.0 Å². The fourth-order valence-electron chi connectivity index (χ4n) is 3.47. The van der Waals surface area contributed by atoms with Crippen molar-refractivity contribution in [2.45, 2.75) is 18.9 Å². The Morgan fingerprint density at radius 1 is 1.30 bits per heavy atom. The van der Waals surface area contributed by atoms with Crippen molar-refractivity contribution in [3.05, 3.63) is 51.8 Å². The number of aromatic nitrogens is 2. The minimum absolute atomic E-state index is 0. The fraction of sp³-hybridized carbons (Fsp3) is 0.333. The molecule has 0 spiro atoms. The van der Waals surface area contributed by atoms with Crippen LogP contribution in [0.4, 0.5) is 0 Å². The lowest BCUT2D eigenvalue weighted by molar-refractivity contribution is -0.143. The molecule has 1 aliphatic rings. The average molecular weight is 477 g/mol. The number of amidine groups is 1. The van der Waals surface area contributed by atoms with E-state index >= 15 is 0 Å². The van der Waals surface area contributed by atoms with Gasteiger partial charge in [-0.05, 0) is 12.5 Å². The largest absolute Gasteiger partial charge is 0.469 e. The molecule has 0 unspecified atom stereocenters. The summed E-state index contributed by atoms with van der Waals surface area (Å²) in [6.45, 7) is 0.108. The van der Waals surface area contributed by atoms with Crippen LogP contribution < -0.4 is 21.9 Å². The number of aryl methyl sites for hydroxylation is 1. The summed E-state index contributed by atoms with van der Waals surface area (Å²) in [7, 11) is 2.70. The number of amides is 2. The van der Waals surface area contributed by atoms with Gasteiger partial charge in [-0.15, -0.1) is 12.4 Å². The summed E-state index contributed by atoms with van der Waals surface area (Å²) in [6, 6.07) is 7.73. The van der Waals surface area contributed by atoms with Gasteiger partial charge in [0.2, 0.25) is 5.91 Å². The van der Waals surface area contributed by atoms with Gasteiger partial charge >= 0.3 is 5.97 Å². The number of rotatable bonds is 7. The minimum atomic E-state index is -0.597. The molecule has 11 nitrogen and oxygen atoms in total. The first kappa shape index (κ1) is 25.5. The number of benzene rings is 1. The lowest BCUT2D eigenvalue weighted by Crippen LogP contribution is -2.40. The number of halogens is 1. The van der Waals surface area contributed by atoms with Gasteiger partial charge in [0, 0.05) is 30.8 Å². The zero-order valence-electron chi connectivity index (χ0n) is 18.1. The molecule has 1 aliphatic heterocycles. The van der Waals surface area contributed by atoms with E-state index in [1.165, 1.54) is 20.2 Å². The lowest BCUT2D eigenvalue weighted by atomic mass is 10.0. The number of esters is 1. The topological polar surface area (TPSA) is 169 Å². The maximum atomic E-state index is 12.7. The predicted molar refractivity (Wildman–Crippen MR) is 122 cm³/mol. The highest BCUT2D eigenvalue weighted by molar-refractivity contribution is 5.96. The van der Waals surface area contributed by atoms with E-state index in [1.807, 2.05) is 0 Å². The first-order valence-electron chi connectivity index (χ1n) is 9.88. The van der Waals surface area contributed by atoms with Crippen molar-refractivity contribution in [1.82, 2.24) is 20.4 Å². The van der Waals surface area contributed by atoms with Gasteiger partial charge < -0.3 is 21.1 Å². The summed E-state index contributed by atoms with van der Waals surface area (Å²) in [5.74, 6) is -1.93. The van der Waals surface area contributed by atoms with E-state index < -0.39 is 23.4 Å². The first-order valence-corrected chi connectivity index (χ1v) is 9.88. The van der Waals surface area contributed by atoms with Gasteiger partial charge in [-0.2, -0.15) is 5.10 Å². The van der Waals surface area contributed by atoms with Gasteiger partial charge in [0.15, 0.2) is 0 Å². The highest BCUT2D eigenvalue weighted by Gasteiger charge is 2.34. The molecule has 1 fully saturated rings. The van der Waals surface area contributed by atoms with Gasteiger partial charge in [0.1, 0.15) is 11.4 Å². The van der Waals surface area contributed by atoms with E-state index in [0.717, 1.165) is 4.68 Å². The Labute approximate surface area is 195 Å². The van der Waals surface area contributed by atoms with Crippen molar-refractivity contribution < 1.29 is 19.1 Å². The average Bonchev–Trinajstić information content (AvgIpc) is 3.12. The Morgan fingerprint density at radius 3 is 2.58 bits per heavy atom. The van der Waals surface area contributed by atoms with Crippen molar-refractivity contribution in [3.63, 3.8) is 0 Å². The molecule has 176 valence electrons. The van der Waals surface area contributed by atoms with Crippen molar-refractivity contribution in [3.8, 4) is 11.3 Å². The Kier molecular flexibility index (Phi) is 8.30. The molecule has 2 atom stereocenters. The second kappa shape index (κ2) is 10.7. The number of nitrogen functional groups attached to an aromatic ring is 1. The molecule has 1 aromatic carbocycles. The predicted octanol–water partition coefficient (Wildman–Crippen LogP) is -0.0492. The SMILES string of the molecule is COC(=O)C[C@@H]1C[C@@H](CNC(=O)c2cc(-c3ccc(C(=N)N)cc3)nn(C)c2=O)NC1=O.Cl. The molecular weight excluding hydrogens is 452 g/mol. The maximum Gasteiger partial charge on any atom is 0.306 e. The fourth-order valence-corrected chi connectivity index (χ4v) is 3.47. The van der Waals surface area contributed by atoms with E-state index in [1.54, 1.807) is 24.3 Å². The summed E-state index contributed by atoms with van der Waals surface area (Å²) in [5.41, 5.74) is 6.40. The van der Waals surface area contributed by atoms with E-state index in [-0.39, 0.29) is 48.7 Å². The van der Waals surface area contributed by atoms with Crippen molar-refractivity contribution in [2.75, 3.05) is 13.7 Å². The molecule has 33 heavy (non-hydrogen) atoms. The minimum Gasteiger partial charge on any atom is -0.469 e. The molecule has 0 saturated carbocycles.